The lowest BCUT2D eigenvalue weighted by atomic mass is 9.88. The van der Waals surface area contributed by atoms with Crippen molar-refractivity contribution in [1.82, 2.24) is 14.9 Å². The molecule has 1 amide bonds. The number of ether oxygens (including phenoxy) is 1. The third-order valence-electron chi connectivity index (χ3n) is 7.92. The van der Waals surface area contributed by atoms with Gasteiger partial charge in [0.15, 0.2) is 5.60 Å². The van der Waals surface area contributed by atoms with E-state index in [1.54, 1.807) is 0 Å². The molecular weight excluding hydrogens is 448 g/mol. The fourth-order valence-corrected chi connectivity index (χ4v) is 6.22. The molecule has 182 valence electrons. The number of hydrogen-bond donors (Lipinski definition) is 0. The van der Waals surface area contributed by atoms with Gasteiger partial charge in [0.2, 0.25) is 0 Å². The summed E-state index contributed by atoms with van der Waals surface area (Å²) >= 11 is 6.41. The van der Waals surface area contributed by atoms with E-state index in [1.807, 2.05) is 42.2 Å². The Morgan fingerprint density at radius 2 is 1.91 bits per heavy atom. The van der Waals surface area contributed by atoms with Gasteiger partial charge < -0.3 is 14.5 Å². The number of piperidine rings is 1. The van der Waals surface area contributed by atoms with Crippen LogP contribution in [0.3, 0.4) is 0 Å². The van der Waals surface area contributed by atoms with Crippen molar-refractivity contribution in [2.45, 2.75) is 88.5 Å². The van der Waals surface area contributed by atoms with Crippen LogP contribution in [0.15, 0.2) is 42.5 Å². The van der Waals surface area contributed by atoms with Crippen molar-refractivity contribution in [1.29, 1.82) is 0 Å². The highest BCUT2D eigenvalue weighted by Gasteiger charge is 2.58. The van der Waals surface area contributed by atoms with Crippen molar-refractivity contribution in [2.75, 3.05) is 18.0 Å². The SMILES string of the molecule is C=C(/C=C\C=C/C)[C@@H]1CC[C@H]2OC3(CCN(c4cc(Cl)nc(C5CCCCC5)n4)CC3)C(=O)N21. The first-order valence-electron chi connectivity index (χ1n) is 12.8. The van der Waals surface area contributed by atoms with Gasteiger partial charge in [0, 0.05) is 37.9 Å². The highest BCUT2D eigenvalue weighted by Crippen LogP contribution is 2.44. The van der Waals surface area contributed by atoms with Gasteiger partial charge in [-0.15, -0.1) is 0 Å². The normalized spacial score (nSPS) is 27.4. The molecule has 0 bridgehead atoms. The molecule has 5 rings (SSSR count). The Balaban J connectivity index is 1.27. The van der Waals surface area contributed by atoms with E-state index < -0.39 is 5.60 Å². The molecule has 1 aliphatic carbocycles. The van der Waals surface area contributed by atoms with Gasteiger partial charge >= 0.3 is 0 Å². The van der Waals surface area contributed by atoms with Crippen LogP contribution in [0.5, 0.6) is 0 Å². The second-order valence-corrected chi connectivity index (χ2v) is 10.4. The standard InChI is InChI=1S/C27H35ClN4O2/c1-3-4-6-9-19(2)21-12-13-24-32(21)26(33)27(34-24)14-16-31(17-15-27)23-18-22(28)29-25(30-23)20-10-7-5-8-11-20/h3-4,6,9,18,20-21,24H,2,5,7-8,10-17H2,1H3/b4-3-,9-6-/t21-,24+/m0/s1. The molecule has 2 atom stereocenters. The van der Waals surface area contributed by atoms with Crippen LogP contribution in [0.25, 0.3) is 0 Å². The Morgan fingerprint density at radius 1 is 1.15 bits per heavy atom. The maximum absolute atomic E-state index is 13.6. The van der Waals surface area contributed by atoms with Crippen LogP contribution < -0.4 is 4.90 Å². The van der Waals surface area contributed by atoms with Gasteiger partial charge in [-0.2, -0.15) is 0 Å². The van der Waals surface area contributed by atoms with E-state index in [0.29, 0.717) is 23.9 Å². The third-order valence-corrected chi connectivity index (χ3v) is 8.12. The monoisotopic (exact) mass is 482 g/mol. The fraction of sp³-hybridized carbons (Fsp3) is 0.593. The summed E-state index contributed by atoms with van der Waals surface area (Å²) in [6, 6.07) is 1.88. The minimum atomic E-state index is -0.726. The minimum absolute atomic E-state index is 0.0233. The number of carbonyl (C=O) groups excluding carboxylic acids is 1. The van der Waals surface area contributed by atoms with E-state index >= 15 is 0 Å². The molecule has 0 aromatic carbocycles. The van der Waals surface area contributed by atoms with Gasteiger partial charge in [-0.3, -0.25) is 4.79 Å². The number of hydrogen-bond acceptors (Lipinski definition) is 5. The number of halogens is 1. The summed E-state index contributed by atoms with van der Waals surface area (Å²) in [5.41, 5.74) is 0.244. The smallest absolute Gasteiger partial charge is 0.257 e. The summed E-state index contributed by atoms with van der Waals surface area (Å²) < 4.78 is 6.47. The number of fused-ring (bicyclic) bond motifs is 1. The summed E-state index contributed by atoms with van der Waals surface area (Å²) in [7, 11) is 0. The molecule has 6 nitrogen and oxygen atoms in total. The van der Waals surface area contributed by atoms with Crippen LogP contribution in [0.1, 0.15) is 76.5 Å². The third kappa shape index (κ3) is 4.42. The van der Waals surface area contributed by atoms with Crippen molar-refractivity contribution in [3.63, 3.8) is 0 Å². The van der Waals surface area contributed by atoms with Crippen molar-refractivity contribution >= 4 is 23.3 Å². The zero-order valence-corrected chi connectivity index (χ0v) is 20.8. The van der Waals surface area contributed by atoms with Gasteiger partial charge in [0.05, 0.1) is 6.04 Å². The molecule has 1 saturated carbocycles. The highest BCUT2D eigenvalue weighted by atomic mass is 35.5. The molecule has 1 spiro atoms. The average Bonchev–Trinajstić information content (AvgIpc) is 3.38. The topological polar surface area (TPSA) is 58.6 Å². The van der Waals surface area contributed by atoms with Crippen LogP contribution >= 0.6 is 11.6 Å². The van der Waals surface area contributed by atoms with Gasteiger partial charge in [-0.25, -0.2) is 9.97 Å². The van der Waals surface area contributed by atoms with Crippen LogP contribution in [-0.4, -0.2) is 51.7 Å². The number of aromatic nitrogens is 2. The van der Waals surface area contributed by atoms with Crippen molar-refractivity contribution in [2.24, 2.45) is 0 Å². The molecule has 1 aromatic heterocycles. The zero-order chi connectivity index (χ0) is 23.7. The molecule has 4 heterocycles. The number of anilines is 1. The fourth-order valence-electron chi connectivity index (χ4n) is 6.04. The Morgan fingerprint density at radius 3 is 2.65 bits per heavy atom. The first-order chi connectivity index (χ1) is 16.5. The molecule has 1 aromatic rings. The minimum Gasteiger partial charge on any atom is -0.356 e. The van der Waals surface area contributed by atoms with Gasteiger partial charge in [-0.05, 0) is 38.2 Å². The Hall–Kier alpha value is -2.18. The van der Waals surface area contributed by atoms with Gasteiger partial charge in [0.25, 0.3) is 5.91 Å². The lowest BCUT2D eigenvalue weighted by Crippen LogP contribution is -2.51. The predicted molar refractivity (Wildman–Crippen MR) is 135 cm³/mol. The van der Waals surface area contributed by atoms with Crippen molar-refractivity contribution < 1.29 is 9.53 Å². The van der Waals surface area contributed by atoms with Crippen molar-refractivity contribution in [3.8, 4) is 0 Å². The summed E-state index contributed by atoms with van der Waals surface area (Å²) in [6.07, 6.45) is 17.0. The van der Waals surface area contributed by atoms with E-state index in [2.05, 4.69) is 16.5 Å². The van der Waals surface area contributed by atoms with Gasteiger partial charge in [0.1, 0.15) is 23.0 Å². The molecule has 7 heteroatoms. The van der Waals surface area contributed by atoms with E-state index in [-0.39, 0.29) is 18.2 Å². The summed E-state index contributed by atoms with van der Waals surface area (Å²) in [5, 5.41) is 0.507. The summed E-state index contributed by atoms with van der Waals surface area (Å²) in [6.45, 7) is 7.66. The largest absolute Gasteiger partial charge is 0.356 e. The Kier molecular flexibility index (Phi) is 6.81. The molecule has 0 N–H and O–H groups in total. The van der Waals surface area contributed by atoms with E-state index in [1.165, 1.54) is 19.3 Å². The second-order valence-electron chi connectivity index (χ2n) is 10.1. The maximum Gasteiger partial charge on any atom is 0.257 e. The summed E-state index contributed by atoms with van der Waals surface area (Å²) in [5.74, 6) is 2.29. The first kappa shape index (κ1) is 23.6. The second kappa shape index (κ2) is 9.82. The Bertz CT molecular complexity index is 992. The van der Waals surface area contributed by atoms with E-state index in [0.717, 1.165) is 56.0 Å². The summed E-state index contributed by atoms with van der Waals surface area (Å²) in [4.78, 5) is 27.3. The van der Waals surface area contributed by atoms with Crippen LogP contribution in [0.2, 0.25) is 5.15 Å². The maximum atomic E-state index is 13.6. The molecule has 0 unspecified atom stereocenters. The molecular formula is C27H35ClN4O2. The lowest BCUT2D eigenvalue weighted by Gasteiger charge is -2.38. The molecule has 4 aliphatic rings. The van der Waals surface area contributed by atoms with E-state index in [9.17, 15) is 4.79 Å². The van der Waals surface area contributed by atoms with Crippen LogP contribution in [0.4, 0.5) is 5.82 Å². The quantitative estimate of drug-likeness (QED) is 0.406. The van der Waals surface area contributed by atoms with Crippen LogP contribution in [-0.2, 0) is 9.53 Å². The number of nitrogens with zero attached hydrogens (tertiary/aromatic N) is 4. The number of carbonyl (C=O) groups is 1. The van der Waals surface area contributed by atoms with Gasteiger partial charge in [-0.1, -0.05) is 61.7 Å². The number of amides is 1. The Labute approximate surface area is 207 Å². The average molecular weight is 483 g/mol. The van der Waals surface area contributed by atoms with Crippen LogP contribution in [0, 0.1) is 0 Å². The molecule has 3 saturated heterocycles. The molecule has 0 radical (unpaired) electrons. The molecule has 34 heavy (non-hydrogen) atoms. The van der Waals surface area contributed by atoms with Crippen molar-refractivity contribution in [3.05, 3.63) is 53.5 Å². The highest BCUT2D eigenvalue weighted by molar-refractivity contribution is 6.29. The molecule has 3 aliphatic heterocycles. The molecule has 4 fully saturated rings. The number of allylic oxidation sites excluding steroid dienone is 3. The zero-order valence-electron chi connectivity index (χ0n) is 20.1. The first-order valence-corrected chi connectivity index (χ1v) is 13.2. The predicted octanol–water partition coefficient (Wildman–Crippen LogP) is 5.55. The van der Waals surface area contributed by atoms with E-state index in [4.69, 9.17) is 21.3 Å². The number of rotatable bonds is 5. The lowest BCUT2D eigenvalue weighted by molar-refractivity contribution is -0.140.